The van der Waals surface area contributed by atoms with Crippen LogP contribution in [0.4, 0.5) is 11.4 Å². The van der Waals surface area contributed by atoms with Crippen molar-refractivity contribution in [2.75, 3.05) is 11.9 Å². The highest BCUT2D eigenvalue weighted by atomic mass is 16.6. The Balaban J connectivity index is 1.90. The molecule has 0 aliphatic rings. The zero-order valence-corrected chi connectivity index (χ0v) is 13.2. The SMILES string of the molecule is CCc1ccc(/C=N\NC(=O)CNc2ccccc2)cc1[N+](=O)[O-]. The smallest absolute Gasteiger partial charge is 0.273 e. The number of rotatable bonds is 7. The largest absolute Gasteiger partial charge is 0.376 e. The van der Waals surface area contributed by atoms with Gasteiger partial charge in [0.15, 0.2) is 0 Å². The molecule has 2 rings (SSSR count). The van der Waals surface area contributed by atoms with Crippen LogP contribution in [0.5, 0.6) is 0 Å². The molecule has 2 aromatic carbocycles. The molecule has 7 nitrogen and oxygen atoms in total. The molecule has 0 bridgehead atoms. The highest BCUT2D eigenvalue weighted by Crippen LogP contribution is 2.19. The Morgan fingerprint density at radius 1 is 1.25 bits per heavy atom. The van der Waals surface area contributed by atoms with Crippen molar-refractivity contribution in [3.8, 4) is 0 Å². The number of nitrogens with zero attached hydrogens (tertiary/aromatic N) is 2. The van der Waals surface area contributed by atoms with E-state index >= 15 is 0 Å². The summed E-state index contributed by atoms with van der Waals surface area (Å²) in [7, 11) is 0. The maximum Gasteiger partial charge on any atom is 0.273 e. The van der Waals surface area contributed by atoms with Gasteiger partial charge in [-0.3, -0.25) is 14.9 Å². The van der Waals surface area contributed by atoms with Crippen LogP contribution in [-0.2, 0) is 11.2 Å². The minimum atomic E-state index is -0.418. The number of nitro benzene ring substituents is 1. The van der Waals surface area contributed by atoms with Crippen LogP contribution in [0, 0.1) is 10.1 Å². The molecular formula is C17H18N4O3. The summed E-state index contributed by atoms with van der Waals surface area (Å²) < 4.78 is 0. The molecule has 0 unspecified atom stereocenters. The normalized spacial score (nSPS) is 10.5. The second-order valence-electron chi connectivity index (χ2n) is 5.01. The number of anilines is 1. The molecule has 0 fully saturated rings. The number of carbonyl (C=O) groups excluding carboxylic acids is 1. The second-order valence-corrected chi connectivity index (χ2v) is 5.01. The summed E-state index contributed by atoms with van der Waals surface area (Å²) in [6, 6.07) is 14.2. The van der Waals surface area contributed by atoms with Gasteiger partial charge in [0.2, 0.25) is 0 Å². The highest BCUT2D eigenvalue weighted by Gasteiger charge is 2.12. The van der Waals surface area contributed by atoms with Gasteiger partial charge in [0.25, 0.3) is 11.6 Å². The Bertz CT molecular complexity index is 745. The lowest BCUT2D eigenvalue weighted by Crippen LogP contribution is -2.25. The maximum absolute atomic E-state index is 11.7. The monoisotopic (exact) mass is 326 g/mol. The van der Waals surface area contributed by atoms with Gasteiger partial charge in [-0.25, -0.2) is 5.43 Å². The molecule has 0 radical (unpaired) electrons. The van der Waals surface area contributed by atoms with Crippen molar-refractivity contribution in [1.29, 1.82) is 0 Å². The van der Waals surface area contributed by atoms with Gasteiger partial charge in [-0.1, -0.05) is 37.3 Å². The molecule has 0 saturated heterocycles. The Hall–Kier alpha value is -3.22. The van der Waals surface area contributed by atoms with Gasteiger partial charge in [-0.15, -0.1) is 0 Å². The van der Waals surface area contributed by atoms with Gasteiger partial charge in [0, 0.05) is 22.9 Å². The quantitative estimate of drug-likeness (QED) is 0.464. The molecule has 7 heteroatoms. The fourth-order valence-electron chi connectivity index (χ4n) is 2.09. The summed E-state index contributed by atoms with van der Waals surface area (Å²) in [6.45, 7) is 1.94. The van der Waals surface area contributed by atoms with Crippen molar-refractivity contribution >= 4 is 23.5 Å². The predicted molar refractivity (Wildman–Crippen MR) is 93.1 cm³/mol. The number of nitrogens with one attached hydrogen (secondary N) is 2. The van der Waals surface area contributed by atoms with E-state index in [1.165, 1.54) is 12.3 Å². The van der Waals surface area contributed by atoms with Crippen molar-refractivity contribution in [2.45, 2.75) is 13.3 Å². The first-order valence-corrected chi connectivity index (χ1v) is 7.48. The minimum absolute atomic E-state index is 0.0542. The number of para-hydroxylation sites is 1. The first-order valence-electron chi connectivity index (χ1n) is 7.48. The lowest BCUT2D eigenvalue weighted by atomic mass is 10.1. The molecular weight excluding hydrogens is 308 g/mol. The van der Waals surface area contributed by atoms with Crippen molar-refractivity contribution in [3.05, 3.63) is 69.8 Å². The first-order chi connectivity index (χ1) is 11.6. The van der Waals surface area contributed by atoms with Gasteiger partial charge in [-0.05, 0) is 18.6 Å². The Kier molecular flexibility index (Phi) is 6.01. The molecule has 2 N–H and O–H groups in total. The molecule has 0 aromatic heterocycles. The number of nitro groups is 1. The average molecular weight is 326 g/mol. The minimum Gasteiger partial charge on any atom is -0.376 e. The summed E-state index contributed by atoms with van der Waals surface area (Å²) in [5, 5.41) is 17.8. The van der Waals surface area contributed by atoms with Crippen molar-refractivity contribution in [1.82, 2.24) is 5.43 Å². The van der Waals surface area contributed by atoms with Crippen LogP contribution in [0.1, 0.15) is 18.1 Å². The number of carbonyl (C=O) groups is 1. The summed E-state index contributed by atoms with van der Waals surface area (Å²) in [5.74, 6) is -0.310. The number of hydrogen-bond donors (Lipinski definition) is 2. The zero-order chi connectivity index (χ0) is 17.4. The van der Waals surface area contributed by atoms with Crippen molar-refractivity contribution < 1.29 is 9.72 Å². The summed E-state index contributed by atoms with van der Waals surface area (Å²) in [6.07, 6.45) is 1.96. The van der Waals surface area contributed by atoms with E-state index in [-0.39, 0.29) is 18.1 Å². The van der Waals surface area contributed by atoms with E-state index in [0.717, 1.165) is 5.69 Å². The number of amides is 1. The summed E-state index contributed by atoms with van der Waals surface area (Å²) >= 11 is 0. The zero-order valence-electron chi connectivity index (χ0n) is 13.2. The molecule has 24 heavy (non-hydrogen) atoms. The third kappa shape index (κ3) is 4.91. The van der Waals surface area contributed by atoms with Crippen molar-refractivity contribution in [2.24, 2.45) is 5.10 Å². The third-order valence-corrected chi connectivity index (χ3v) is 3.32. The van der Waals surface area contributed by atoms with E-state index in [9.17, 15) is 14.9 Å². The van der Waals surface area contributed by atoms with Gasteiger partial charge < -0.3 is 5.32 Å². The van der Waals surface area contributed by atoms with Gasteiger partial charge in [0.05, 0.1) is 17.7 Å². The average Bonchev–Trinajstić information content (AvgIpc) is 2.60. The van der Waals surface area contributed by atoms with Gasteiger partial charge >= 0.3 is 0 Å². The fraction of sp³-hybridized carbons (Fsp3) is 0.176. The van der Waals surface area contributed by atoms with Crippen LogP contribution in [-0.4, -0.2) is 23.6 Å². The number of benzene rings is 2. The maximum atomic E-state index is 11.7. The van der Waals surface area contributed by atoms with Crippen LogP contribution < -0.4 is 10.7 Å². The summed E-state index contributed by atoms with van der Waals surface area (Å²) in [5.41, 5.74) is 4.48. The van der Waals surface area contributed by atoms with Crippen LogP contribution >= 0.6 is 0 Å². The van der Waals surface area contributed by atoms with Crippen LogP contribution in [0.15, 0.2) is 53.6 Å². The third-order valence-electron chi connectivity index (χ3n) is 3.32. The lowest BCUT2D eigenvalue weighted by Gasteiger charge is -2.04. The van der Waals surface area contributed by atoms with Gasteiger partial charge in [-0.2, -0.15) is 5.10 Å². The molecule has 0 saturated carbocycles. The van der Waals surface area contributed by atoms with E-state index in [1.54, 1.807) is 12.1 Å². The standard InChI is InChI=1S/C17H18N4O3/c1-2-14-9-8-13(10-16(14)21(23)24)11-19-20-17(22)12-18-15-6-4-3-5-7-15/h3-11,18H,2,12H2,1H3,(H,20,22)/b19-11-. The van der Waals surface area contributed by atoms with E-state index in [0.29, 0.717) is 17.5 Å². The number of aryl methyl sites for hydroxylation is 1. The first kappa shape index (κ1) is 17.1. The molecule has 0 spiro atoms. The van der Waals surface area contributed by atoms with Crippen molar-refractivity contribution in [3.63, 3.8) is 0 Å². The van der Waals surface area contributed by atoms with E-state index in [4.69, 9.17) is 0 Å². The number of hydrogen-bond acceptors (Lipinski definition) is 5. The van der Waals surface area contributed by atoms with E-state index < -0.39 is 4.92 Å². The molecule has 0 heterocycles. The summed E-state index contributed by atoms with van der Waals surface area (Å²) in [4.78, 5) is 22.3. The molecule has 0 atom stereocenters. The van der Waals surface area contributed by atoms with E-state index in [2.05, 4.69) is 15.8 Å². The Morgan fingerprint density at radius 2 is 2.00 bits per heavy atom. The topological polar surface area (TPSA) is 96.6 Å². The molecule has 124 valence electrons. The fourth-order valence-corrected chi connectivity index (χ4v) is 2.09. The van der Waals surface area contributed by atoms with Crippen LogP contribution in [0.25, 0.3) is 0 Å². The lowest BCUT2D eigenvalue weighted by molar-refractivity contribution is -0.385. The Labute approximate surface area is 139 Å². The molecule has 0 aliphatic heterocycles. The second kappa shape index (κ2) is 8.42. The van der Waals surface area contributed by atoms with Gasteiger partial charge in [0.1, 0.15) is 0 Å². The molecule has 1 amide bonds. The Morgan fingerprint density at radius 3 is 2.67 bits per heavy atom. The molecule has 0 aliphatic carbocycles. The highest BCUT2D eigenvalue weighted by molar-refractivity contribution is 5.84. The van der Waals surface area contributed by atoms with Crippen LogP contribution in [0.3, 0.4) is 0 Å². The predicted octanol–water partition coefficient (Wildman–Crippen LogP) is 2.72. The molecule has 2 aromatic rings. The van der Waals surface area contributed by atoms with Crippen LogP contribution in [0.2, 0.25) is 0 Å². The number of hydrazone groups is 1. The van der Waals surface area contributed by atoms with E-state index in [1.807, 2.05) is 37.3 Å².